The standard InChI is InChI=1S/C15H20FN3/c1-4-9-19-14-6-5-12(16)10-13(14)18-15(19)7-8-17-11(2)3/h4-6,10-11,17H,1,7-9H2,2-3H3. The number of fused-ring (bicyclic) bond motifs is 1. The van der Waals surface area contributed by atoms with Crippen molar-refractivity contribution in [2.45, 2.75) is 32.9 Å². The largest absolute Gasteiger partial charge is 0.324 e. The molecule has 102 valence electrons. The summed E-state index contributed by atoms with van der Waals surface area (Å²) in [6.07, 6.45) is 2.66. The molecule has 0 aliphatic carbocycles. The smallest absolute Gasteiger partial charge is 0.125 e. The Bertz CT molecular complexity index is 572. The highest BCUT2D eigenvalue weighted by Crippen LogP contribution is 2.18. The molecule has 1 heterocycles. The Hall–Kier alpha value is -1.68. The topological polar surface area (TPSA) is 29.9 Å². The van der Waals surface area contributed by atoms with Gasteiger partial charge in [-0.05, 0) is 12.1 Å². The van der Waals surface area contributed by atoms with Crippen LogP contribution in [0.5, 0.6) is 0 Å². The fourth-order valence-electron chi connectivity index (χ4n) is 2.15. The summed E-state index contributed by atoms with van der Waals surface area (Å²) < 4.78 is 15.3. The molecule has 0 saturated heterocycles. The minimum atomic E-state index is -0.248. The number of rotatable bonds is 6. The minimum Gasteiger partial charge on any atom is -0.324 e. The first-order valence-corrected chi connectivity index (χ1v) is 6.60. The van der Waals surface area contributed by atoms with Crippen molar-refractivity contribution in [2.75, 3.05) is 6.54 Å². The third kappa shape index (κ3) is 3.20. The van der Waals surface area contributed by atoms with Gasteiger partial charge < -0.3 is 9.88 Å². The summed E-state index contributed by atoms with van der Waals surface area (Å²) in [5.41, 5.74) is 1.67. The molecule has 0 amide bonds. The molecule has 3 nitrogen and oxygen atoms in total. The summed E-state index contributed by atoms with van der Waals surface area (Å²) in [5.74, 6) is 0.719. The van der Waals surface area contributed by atoms with Crippen LogP contribution in [0, 0.1) is 5.82 Å². The van der Waals surface area contributed by atoms with Crippen LogP contribution in [0.15, 0.2) is 30.9 Å². The van der Waals surface area contributed by atoms with E-state index in [1.807, 2.05) is 6.08 Å². The van der Waals surface area contributed by atoms with Gasteiger partial charge in [-0.1, -0.05) is 19.9 Å². The molecule has 0 aliphatic rings. The van der Waals surface area contributed by atoms with E-state index in [1.54, 1.807) is 6.07 Å². The van der Waals surface area contributed by atoms with E-state index < -0.39 is 0 Å². The van der Waals surface area contributed by atoms with E-state index in [1.165, 1.54) is 12.1 Å². The SMILES string of the molecule is C=CCn1c(CCNC(C)C)nc2cc(F)ccc21. The highest BCUT2D eigenvalue weighted by atomic mass is 19.1. The maximum absolute atomic E-state index is 13.2. The zero-order valence-corrected chi connectivity index (χ0v) is 11.5. The van der Waals surface area contributed by atoms with Gasteiger partial charge in [0.1, 0.15) is 11.6 Å². The second-order valence-electron chi connectivity index (χ2n) is 4.92. The van der Waals surface area contributed by atoms with Gasteiger partial charge in [0.15, 0.2) is 0 Å². The molecule has 1 aromatic carbocycles. The van der Waals surface area contributed by atoms with E-state index in [4.69, 9.17) is 0 Å². The zero-order valence-electron chi connectivity index (χ0n) is 11.5. The number of nitrogens with one attached hydrogen (secondary N) is 1. The van der Waals surface area contributed by atoms with Crippen LogP contribution >= 0.6 is 0 Å². The molecule has 4 heteroatoms. The van der Waals surface area contributed by atoms with E-state index in [0.29, 0.717) is 18.1 Å². The van der Waals surface area contributed by atoms with E-state index in [0.717, 1.165) is 24.3 Å². The van der Waals surface area contributed by atoms with Crippen LogP contribution in [0.25, 0.3) is 11.0 Å². The highest BCUT2D eigenvalue weighted by Gasteiger charge is 2.10. The van der Waals surface area contributed by atoms with E-state index in [2.05, 4.69) is 35.3 Å². The number of hydrogen-bond donors (Lipinski definition) is 1. The maximum atomic E-state index is 13.2. The van der Waals surface area contributed by atoms with Crippen molar-refractivity contribution in [1.29, 1.82) is 0 Å². The molecular weight excluding hydrogens is 241 g/mol. The number of imidazole rings is 1. The zero-order chi connectivity index (χ0) is 13.8. The van der Waals surface area contributed by atoms with Crippen LogP contribution in [0.3, 0.4) is 0 Å². The lowest BCUT2D eigenvalue weighted by atomic mass is 10.3. The third-order valence-corrected chi connectivity index (χ3v) is 3.00. The van der Waals surface area contributed by atoms with Crippen molar-refractivity contribution in [2.24, 2.45) is 0 Å². The lowest BCUT2D eigenvalue weighted by molar-refractivity contribution is 0.576. The van der Waals surface area contributed by atoms with E-state index in [-0.39, 0.29) is 5.82 Å². The second kappa shape index (κ2) is 5.97. The van der Waals surface area contributed by atoms with Gasteiger partial charge in [-0.15, -0.1) is 6.58 Å². The number of hydrogen-bond acceptors (Lipinski definition) is 2. The average molecular weight is 261 g/mol. The Balaban J connectivity index is 2.30. The van der Waals surface area contributed by atoms with Crippen molar-refractivity contribution in [3.05, 3.63) is 42.5 Å². The van der Waals surface area contributed by atoms with Gasteiger partial charge in [0.25, 0.3) is 0 Å². The molecule has 0 fully saturated rings. The molecule has 0 atom stereocenters. The van der Waals surface area contributed by atoms with Crippen LogP contribution in [0.2, 0.25) is 0 Å². The van der Waals surface area contributed by atoms with Crippen molar-refractivity contribution >= 4 is 11.0 Å². The first kappa shape index (κ1) is 13.7. The Morgan fingerprint density at radius 3 is 2.95 bits per heavy atom. The summed E-state index contributed by atoms with van der Waals surface area (Å²) in [7, 11) is 0. The Morgan fingerprint density at radius 2 is 2.26 bits per heavy atom. The van der Waals surface area contributed by atoms with Crippen molar-refractivity contribution in [3.8, 4) is 0 Å². The predicted molar refractivity (Wildman–Crippen MR) is 76.7 cm³/mol. The quantitative estimate of drug-likeness (QED) is 0.810. The average Bonchev–Trinajstić information content (AvgIpc) is 2.67. The lowest BCUT2D eigenvalue weighted by Gasteiger charge is -2.09. The number of halogens is 1. The molecule has 0 aliphatic heterocycles. The summed E-state index contributed by atoms with van der Waals surface area (Å²) in [4.78, 5) is 4.52. The van der Waals surface area contributed by atoms with E-state index >= 15 is 0 Å². The third-order valence-electron chi connectivity index (χ3n) is 3.00. The van der Waals surface area contributed by atoms with Gasteiger partial charge in [0.05, 0.1) is 11.0 Å². The highest BCUT2D eigenvalue weighted by molar-refractivity contribution is 5.76. The van der Waals surface area contributed by atoms with Gasteiger partial charge in [-0.3, -0.25) is 0 Å². The number of nitrogens with zero attached hydrogens (tertiary/aromatic N) is 2. The number of allylic oxidation sites excluding steroid dienone is 1. The van der Waals surface area contributed by atoms with Crippen LogP contribution in [0.1, 0.15) is 19.7 Å². The first-order chi connectivity index (χ1) is 9.11. The van der Waals surface area contributed by atoms with Gasteiger partial charge >= 0.3 is 0 Å². The van der Waals surface area contributed by atoms with Crippen molar-refractivity contribution in [3.63, 3.8) is 0 Å². The normalized spacial score (nSPS) is 11.4. The molecule has 1 N–H and O–H groups in total. The predicted octanol–water partition coefficient (Wildman–Crippen LogP) is 2.90. The molecule has 2 rings (SSSR count). The maximum Gasteiger partial charge on any atom is 0.125 e. The van der Waals surface area contributed by atoms with E-state index in [9.17, 15) is 4.39 Å². The van der Waals surface area contributed by atoms with Gasteiger partial charge in [0, 0.05) is 31.6 Å². The van der Waals surface area contributed by atoms with Crippen molar-refractivity contribution in [1.82, 2.24) is 14.9 Å². The Kier molecular flexibility index (Phi) is 4.32. The summed E-state index contributed by atoms with van der Waals surface area (Å²) in [6, 6.07) is 5.18. The molecule has 19 heavy (non-hydrogen) atoms. The molecule has 2 aromatic rings. The first-order valence-electron chi connectivity index (χ1n) is 6.60. The second-order valence-corrected chi connectivity index (χ2v) is 4.92. The Morgan fingerprint density at radius 1 is 1.47 bits per heavy atom. The fourth-order valence-corrected chi connectivity index (χ4v) is 2.15. The Labute approximate surface area is 113 Å². The molecule has 0 unspecified atom stereocenters. The monoisotopic (exact) mass is 261 g/mol. The van der Waals surface area contributed by atoms with Crippen LogP contribution in [-0.2, 0) is 13.0 Å². The van der Waals surface area contributed by atoms with Crippen LogP contribution in [-0.4, -0.2) is 22.1 Å². The molecular formula is C15H20FN3. The van der Waals surface area contributed by atoms with Gasteiger partial charge in [-0.25, -0.2) is 9.37 Å². The molecule has 0 bridgehead atoms. The molecule has 0 saturated carbocycles. The fraction of sp³-hybridized carbons (Fsp3) is 0.400. The summed E-state index contributed by atoms with van der Waals surface area (Å²) >= 11 is 0. The minimum absolute atomic E-state index is 0.248. The van der Waals surface area contributed by atoms with Crippen molar-refractivity contribution < 1.29 is 4.39 Å². The van der Waals surface area contributed by atoms with Crippen LogP contribution in [0.4, 0.5) is 4.39 Å². The molecule has 1 aromatic heterocycles. The number of aromatic nitrogens is 2. The summed E-state index contributed by atoms with van der Waals surface area (Å²) in [5, 5.41) is 3.37. The molecule has 0 spiro atoms. The number of benzene rings is 1. The molecule has 0 radical (unpaired) electrons. The van der Waals surface area contributed by atoms with Gasteiger partial charge in [-0.2, -0.15) is 0 Å². The van der Waals surface area contributed by atoms with Gasteiger partial charge in [0.2, 0.25) is 0 Å². The summed E-state index contributed by atoms with van der Waals surface area (Å²) in [6.45, 7) is 9.55. The van der Waals surface area contributed by atoms with Crippen LogP contribution < -0.4 is 5.32 Å². The lowest BCUT2D eigenvalue weighted by Crippen LogP contribution is -2.25.